The molecular formula is C22H20Cl2N2O2. The van der Waals surface area contributed by atoms with Gasteiger partial charge in [-0.05, 0) is 54.4 Å². The summed E-state index contributed by atoms with van der Waals surface area (Å²) in [5, 5.41) is 6.80. The quantitative estimate of drug-likeness (QED) is 0.503. The van der Waals surface area contributed by atoms with Crippen molar-refractivity contribution < 1.29 is 9.53 Å². The van der Waals surface area contributed by atoms with Crippen molar-refractivity contribution in [3.8, 4) is 5.75 Å². The third kappa shape index (κ3) is 5.65. The van der Waals surface area contributed by atoms with Gasteiger partial charge in [-0.2, -0.15) is 0 Å². The van der Waals surface area contributed by atoms with Crippen LogP contribution in [0.15, 0.2) is 66.7 Å². The fourth-order valence-electron chi connectivity index (χ4n) is 2.67. The molecule has 3 rings (SSSR count). The molecule has 6 heteroatoms. The van der Waals surface area contributed by atoms with Crippen molar-refractivity contribution in [3.05, 3.63) is 87.9 Å². The van der Waals surface area contributed by atoms with E-state index in [1.165, 1.54) is 0 Å². The van der Waals surface area contributed by atoms with Crippen molar-refractivity contribution in [2.45, 2.75) is 13.5 Å². The lowest BCUT2D eigenvalue weighted by Gasteiger charge is -2.13. The Morgan fingerprint density at radius 3 is 2.29 bits per heavy atom. The van der Waals surface area contributed by atoms with Crippen LogP contribution in [0.5, 0.6) is 5.75 Å². The largest absolute Gasteiger partial charge is 0.481 e. The maximum absolute atomic E-state index is 12.1. The Morgan fingerprint density at radius 1 is 0.929 bits per heavy atom. The summed E-state index contributed by atoms with van der Waals surface area (Å²) in [6, 6.07) is 20.9. The molecule has 1 amide bonds. The summed E-state index contributed by atoms with van der Waals surface area (Å²) in [5.74, 6) is 0.0127. The van der Waals surface area contributed by atoms with E-state index < -0.39 is 0 Å². The lowest BCUT2D eigenvalue weighted by atomic mass is 10.2. The lowest BCUT2D eigenvalue weighted by molar-refractivity contribution is -0.118. The van der Waals surface area contributed by atoms with Crippen molar-refractivity contribution in [2.24, 2.45) is 0 Å². The second kappa shape index (κ2) is 9.49. The molecule has 0 aliphatic carbocycles. The van der Waals surface area contributed by atoms with E-state index in [0.29, 0.717) is 28.0 Å². The summed E-state index contributed by atoms with van der Waals surface area (Å²) >= 11 is 12.6. The van der Waals surface area contributed by atoms with Crippen LogP contribution in [0.1, 0.15) is 11.1 Å². The molecule has 0 fully saturated rings. The van der Waals surface area contributed by atoms with Crippen LogP contribution in [-0.4, -0.2) is 12.5 Å². The van der Waals surface area contributed by atoms with E-state index in [2.05, 4.69) is 10.6 Å². The molecule has 0 radical (unpaired) electrons. The summed E-state index contributed by atoms with van der Waals surface area (Å²) in [4.78, 5) is 12.1. The Kier molecular flexibility index (Phi) is 6.80. The number of anilines is 2. The van der Waals surface area contributed by atoms with Gasteiger partial charge in [0.25, 0.3) is 5.91 Å². The molecule has 0 aliphatic heterocycles. The van der Waals surface area contributed by atoms with E-state index in [0.717, 1.165) is 16.8 Å². The fraction of sp³-hybridized carbons (Fsp3) is 0.136. The summed E-state index contributed by atoms with van der Waals surface area (Å²) in [6.07, 6.45) is 0. The number of aryl methyl sites for hydroxylation is 1. The molecule has 0 aromatic heterocycles. The molecule has 0 unspecified atom stereocenters. The highest BCUT2D eigenvalue weighted by molar-refractivity contribution is 6.37. The van der Waals surface area contributed by atoms with Gasteiger partial charge in [-0.3, -0.25) is 4.79 Å². The molecule has 0 saturated carbocycles. The van der Waals surface area contributed by atoms with Gasteiger partial charge in [0.15, 0.2) is 12.4 Å². The minimum atomic E-state index is -0.285. The molecule has 3 aromatic rings. The lowest BCUT2D eigenvalue weighted by Crippen LogP contribution is -2.20. The van der Waals surface area contributed by atoms with E-state index in [1.807, 2.05) is 61.5 Å². The smallest absolute Gasteiger partial charge is 0.262 e. The fourth-order valence-corrected chi connectivity index (χ4v) is 3.31. The molecule has 0 heterocycles. The Hall–Kier alpha value is -2.69. The van der Waals surface area contributed by atoms with E-state index in [9.17, 15) is 4.79 Å². The maximum atomic E-state index is 12.1. The molecule has 144 valence electrons. The van der Waals surface area contributed by atoms with Gasteiger partial charge >= 0.3 is 0 Å². The standard InChI is InChI=1S/C22H20Cl2N2O2/c1-15-6-5-9-18(10-15)26-21(27)14-28-22-19(23)11-16(12-20(22)24)13-25-17-7-3-2-4-8-17/h2-12,25H,13-14H2,1H3,(H,26,27). The van der Waals surface area contributed by atoms with Crippen LogP contribution in [0.25, 0.3) is 0 Å². The number of carbonyl (C=O) groups is 1. The third-order valence-corrected chi connectivity index (χ3v) is 4.54. The summed E-state index contributed by atoms with van der Waals surface area (Å²) in [6.45, 7) is 2.34. The topological polar surface area (TPSA) is 50.4 Å². The molecular weight excluding hydrogens is 395 g/mol. The van der Waals surface area contributed by atoms with Crippen LogP contribution in [0.4, 0.5) is 11.4 Å². The first kappa shape index (κ1) is 20.1. The van der Waals surface area contributed by atoms with Crippen molar-refractivity contribution in [2.75, 3.05) is 17.2 Å². The zero-order valence-electron chi connectivity index (χ0n) is 15.3. The number of ether oxygens (including phenoxy) is 1. The van der Waals surface area contributed by atoms with Gasteiger partial charge in [-0.25, -0.2) is 0 Å². The second-order valence-electron chi connectivity index (χ2n) is 6.31. The third-order valence-electron chi connectivity index (χ3n) is 3.98. The number of benzene rings is 3. The number of hydrogen-bond donors (Lipinski definition) is 2. The van der Waals surface area contributed by atoms with Crippen molar-refractivity contribution >= 4 is 40.5 Å². The van der Waals surface area contributed by atoms with Crippen LogP contribution in [0.3, 0.4) is 0 Å². The Morgan fingerprint density at radius 2 is 1.61 bits per heavy atom. The predicted molar refractivity (Wildman–Crippen MR) is 116 cm³/mol. The Labute approximate surface area is 174 Å². The number of amides is 1. The van der Waals surface area contributed by atoms with Gasteiger partial charge in [-0.15, -0.1) is 0 Å². The molecule has 0 spiro atoms. The summed E-state index contributed by atoms with van der Waals surface area (Å²) < 4.78 is 5.55. The second-order valence-corrected chi connectivity index (χ2v) is 7.13. The molecule has 0 bridgehead atoms. The molecule has 0 aliphatic rings. The molecule has 4 nitrogen and oxygen atoms in total. The zero-order chi connectivity index (χ0) is 19.9. The van der Waals surface area contributed by atoms with Crippen LogP contribution in [-0.2, 0) is 11.3 Å². The van der Waals surface area contributed by atoms with Gasteiger partial charge in [0.05, 0.1) is 10.0 Å². The van der Waals surface area contributed by atoms with E-state index in [-0.39, 0.29) is 12.5 Å². The van der Waals surface area contributed by atoms with Crippen molar-refractivity contribution in [3.63, 3.8) is 0 Å². The highest BCUT2D eigenvalue weighted by Gasteiger charge is 2.12. The first-order valence-electron chi connectivity index (χ1n) is 8.77. The van der Waals surface area contributed by atoms with Gasteiger partial charge in [0.1, 0.15) is 0 Å². The maximum Gasteiger partial charge on any atom is 0.262 e. The number of hydrogen-bond acceptors (Lipinski definition) is 3. The van der Waals surface area contributed by atoms with Gasteiger partial charge < -0.3 is 15.4 Å². The molecule has 0 saturated heterocycles. The van der Waals surface area contributed by atoms with Crippen LogP contribution >= 0.6 is 23.2 Å². The number of halogens is 2. The highest BCUT2D eigenvalue weighted by atomic mass is 35.5. The summed E-state index contributed by atoms with van der Waals surface area (Å²) in [7, 11) is 0. The monoisotopic (exact) mass is 414 g/mol. The molecule has 3 aromatic carbocycles. The van der Waals surface area contributed by atoms with E-state index in [4.69, 9.17) is 27.9 Å². The number of para-hydroxylation sites is 1. The Balaban J connectivity index is 1.58. The SMILES string of the molecule is Cc1cccc(NC(=O)COc2c(Cl)cc(CNc3ccccc3)cc2Cl)c1. The average molecular weight is 415 g/mol. The zero-order valence-corrected chi connectivity index (χ0v) is 16.8. The van der Waals surface area contributed by atoms with Gasteiger partial charge in [0.2, 0.25) is 0 Å². The minimum absolute atomic E-state index is 0.186. The van der Waals surface area contributed by atoms with Gasteiger partial charge in [0, 0.05) is 17.9 Å². The number of carbonyl (C=O) groups excluding carboxylic acids is 1. The van der Waals surface area contributed by atoms with Crippen LogP contribution in [0.2, 0.25) is 10.0 Å². The van der Waals surface area contributed by atoms with E-state index >= 15 is 0 Å². The van der Waals surface area contributed by atoms with Gasteiger partial charge in [-0.1, -0.05) is 53.5 Å². The molecule has 28 heavy (non-hydrogen) atoms. The average Bonchev–Trinajstić information content (AvgIpc) is 2.66. The van der Waals surface area contributed by atoms with E-state index in [1.54, 1.807) is 12.1 Å². The minimum Gasteiger partial charge on any atom is -0.481 e. The summed E-state index contributed by atoms with van der Waals surface area (Å²) in [5.41, 5.74) is 3.69. The van der Waals surface area contributed by atoms with Crippen molar-refractivity contribution in [1.29, 1.82) is 0 Å². The van der Waals surface area contributed by atoms with Crippen molar-refractivity contribution in [1.82, 2.24) is 0 Å². The van der Waals surface area contributed by atoms with Crippen LogP contribution < -0.4 is 15.4 Å². The van der Waals surface area contributed by atoms with Crippen LogP contribution in [0, 0.1) is 6.92 Å². The first-order chi connectivity index (χ1) is 13.5. The Bertz CT molecular complexity index is 939. The predicted octanol–water partition coefficient (Wildman–Crippen LogP) is 5.93. The normalized spacial score (nSPS) is 10.4. The number of rotatable bonds is 7. The first-order valence-corrected chi connectivity index (χ1v) is 9.53. The molecule has 0 atom stereocenters. The highest BCUT2D eigenvalue weighted by Crippen LogP contribution is 2.34. The molecule has 2 N–H and O–H groups in total. The number of nitrogens with one attached hydrogen (secondary N) is 2.